The third kappa shape index (κ3) is 5.11. The molecule has 1 aliphatic heterocycles. The first kappa shape index (κ1) is 19.0. The fraction of sp³-hybridized carbons (Fsp3) is 0.421. The lowest BCUT2D eigenvalue weighted by atomic mass is 10.2. The molecule has 26 heavy (non-hydrogen) atoms. The van der Waals surface area contributed by atoms with E-state index in [9.17, 15) is 9.18 Å². The minimum Gasteiger partial charge on any atom is -0.480 e. The Hall–Kier alpha value is -1.80. The van der Waals surface area contributed by atoms with Crippen LogP contribution in [0.25, 0.3) is 10.4 Å². The molecule has 1 saturated heterocycles. The molecule has 1 aromatic heterocycles. The minimum atomic E-state index is -0.834. The summed E-state index contributed by atoms with van der Waals surface area (Å²) < 4.78 is 19.7. The van der Waals surface area contributed by atoms with E-state index in [4.69, 9.17) is 9.84 Å². The topological polar surface area (TPSA) is 53.0 Å². The molecule has 0 amide bonds. The van der Waals surface area contributed by atoms with Crippen molar-refractivity contribution in [2.24, 2.45) is 0 Å². The Bertz CT molecular complexity index is 752. The molecule has 1 aliphatic rings. The van der Waals surface area contributed by atoms with Gasteiger partial charge in [0.2, 0.25) is 0 Å². The van der Waals surface area contributed by atoms with Gasteiger partial charge in [-0.15, -0.1) is 11.3 Å². The lowest BCUT2D eigenvalue weighted by Gasteiger charge is -2.34. The maximum Gasteiger partial charge on any atom is 0.317 e. The number of thiophene rings is 1. The van der Waals surface area contributed by atoms with Crippen molar-refractivity contribution < 1.29 is 19.0 Å². The molecule has 0 radical (unpaired) electrons. The van der Waals surface area contributed by atoms with Gasteiger partial charge in [0.25, 0.3) is 0 Å². The highest BCUT2D eigenvalue weighted by Gasteiger charge is 2.23. The minimum absolute atomic E-state index is 0.000833. The maximum atomic E-state index is 13.9. The molecular weight excluding hydrogens is 355 g/mol. The number of morpholine rings is 1. The zero-order chi connectivity index (χ0) is 18.5. The Labute approximate surface area is 156 Å². The zero-order valence-corrected chi connectivity index (χ0v) is 15.5. The number of benzene rings is 1. The van der Waals surface area contributed by atoms with Crippen LogP contribution in [0.3, 0.4) is 0 Å². The van der Waals surface area contributed by atoms with Crippen LogP contribution < -0.4 is 0 Å². The first-order chi connectivity index (χ1) is 12.5. The summed E-state index contributed by atoms with van der Waals surface area (Å²) >= 11 is 1.61. The van der Waals surface area contributed by atoms with Gasteiger partial charge in [-0.1, -0.05) is 18.2 Å². The van der Waals surface area contributed by atoms with Gasteiger partial charge in [0.15, 0.2) is 0 Å². The van der Waals surface area contributed by atoms with Gasteiger partial charge >= 0.3 is 5.97 Å². The van der Waals surface area contributed by atoms with Crippen molar-refractivity contribution in [3.05, 3.63) is 47.1 Å². The first-order valence-electron chi connectivity index (χ1n) is 8.59. The maximum absolute atomic E-state index is 13.9. The Morgan fingerprint density at radius 3 is 2.96 bits per heavy atom. The Kier molecular flexibility index (Phi) is 6.37. The standard InChI is InChI=1S/C19H23FN2O3S/c1-21(13-19(23)24)10-14-11-22(8-9-25-14)12-15-6-7-18(26-15)16-4-2-3-5-17(16)20/h2-7,14H,8-13H2,1H3,(H,23,24). The van der Waals surface area contributed by atoms with Crippen molar-refractivity contribution in [3.8, 4) is 10.4 Å². The smallest absolute Gasteiger partial charge is 0.317 e. The molecule has 0 spiro atoms. The predicted molar refractivity (Wildman–Crippen MR) is 99.9 cm³/mol. The van der Waals surface area contributed by atoms with Crippen LogP contribution in [0.4, 0.5) is 4.39 Å². The van der Waals surface area contributed by atoms with Crippen LogP contribution in [-0.4, -0.2) is 66.8 Å². The summed E-state index contributed by atoms with van der Waals surface area (Å²) in [5.41, 5.74) is 0.638. The molecule has 2 heterocycles. The second-order valence-corrected chi connectivity index (χ2v) is 7.73. The number of aliphatic carboxylic acids is 1. The molecule has 1 unspecified atom stereocenters. The fourth-order valence-corrected chi connectivity index (χ4v) is 4.24. The van der Waals surface area contributed by atoms with Crippen molar-refractivity contribution in [1.29, 1.82) is 0 Å². The molecule has 1 N–H and O–H groups in total. The molecular formula is C19H23FN2O3S. The van der Waals surface area contributed by atoms with Crippen LogP contribution in [0, 0.1) is 5.82 Å². The van der Waals surface area contributed by atoms with Gasteiger partial charge in [-0.25, -0.2) is 4.39 Å². The summed E-state index contributed by atoms with van der Waals surface area (Å²) in [7, 11) is 1.79. The van der Waals surface area contributed by atoms with Gasteiger partial charge in [0.05, 0.1) is 19.3 Å². The molecule has 0 bridgehead atoms. The number of hydrogen-bond donors (Lipinski definition) is 1. The summed E-state index contributed by atoms with van der Waals surface area (Å²) in [6.07, 6.45) is -0.000833. The van der Waals surface area contributed by atoms with E-state index >= 15 is 0 Å². The van der Waals surface area contributed by atoms with Gasteiger partial charge in [-0.3, -0.25) is 14.6 Å². The van der Waals surface area contributed by atoms with E-state index in [0.717, 1.165) is 24.5 Å². The highest BCUT2D eigenvalue weighted by atomic mass is 32.1. The molecule has 1 atom stereocenters. The van der Waals surface area contributed by atoms with E-state index in [0.29, 0.717) is 18.7 Å². The summed E-state index contributed by atoms with van der Waals surface area (Å²) in [6, 6.07) is 10.8. The van der Waals surface area contributed by atoms with E-state index in [1.807, 2.05) is 18.2 Å². The van der Waals surface area contributed by atoms with Crippen LogP contribution in [0.5, 0.6) is 0 Å². The van der Waals surface area contributed by atoms with E-state index in [2.05, 4.69) is 4.90 Å². The van der Waals surface area contributed by atoms with Gasteiger partial charge in [-0.05, 0) is 25.2 Å². The van der Waals surface area contributed by atoms with Crippen molar-refractivity contribution in [2.45, 2.75) is 12.6 Å². The fourth-order valence-electron chi connectivity index (χ4n) is 3.17. The highest BCUT2D eigenvalue weighted by molar-refractivity contribution is 7.15. The Morgan fingerprint density at radius 1 is 1.38 bits per heavy atom. The van der Waals surface area contributed by atoms with E-state index in [1.54, 1.807) is 35.4 Å². The summed E-state index contributed by atoms with van der Waals surface area (Å²) in [5, 5.41) is 8.86. The Balaban J connectivity index is 1.57. The molecule has 140 valence electrons. The van der Waals surface area contributed by atoms with Gasteiger partial charge in [-0.2, -0.15) is 0 Å². The highest BCUT2D eigenvalue weighted by Crippen LogP contribution is 2.30. The number of carboxylic acid groups (broad SMARTS) is 1. The van der Waals surface area contributed by atoms with Crippen LogP contribution in [0.1, 0.15) is 4.88 Å². The average molecular weight is 378 g/mol. The second kappa shape index (κ2) is 8.73. The summed E-state index contributed by atoms with van der Waals surface area (Å²) in [5.74, 6) is -1.03. The van der Waals surface area contributed by atoms with E-state index < -0.39 is 5.97 Å². The van der Waals surface area contributed by atoms with Crippen molar-refractivity contribution in [2.75, 3.05) is 39.8 Å². The molecule has 1 fully saturated rings. The Morgan fingerprint density at radius 2 is 2.19 bits per heavy atom. The number of likely N-dealkylation sites (N-methyl/N-ethyl adjacent to an activating group) is 1. The molecule has 2 aromatic rings. The number of nitrogens with zero attached hydrogens (tertiary/aromatic N) is 2. The molecule has 0 saturated carbocycles. The average Bonchev–Trinajstić information content (AvgIpc) is 3.03. The van der Waals surface area contributed by atoms with Crippen molar-refractivity contribution in [3.63, 3.8) is 0 Å². The number of hydrogen-bond acceptors (Lipinski definition) is 5. The number of halogens is 1. The molecule has 1 aromatic carbocycles. The molecule has 0 aliphatic carbocycles. The summed E-state index contributed by atoms with van der Waals surface area (Å²) in [6.45, 7) is 3.63. The quantitative estimate of drug-likeness (QED) is 0.803. The van der Waals surface area contributed by atoms with E-state index in [1.165, 1.54) is 10.9 Å². The van der Waals surface area contributed by atoms with E-state index in [-0.39, 0.29) is 18.5 Å². The lowest BCUT2D eigenvalue weighted by Crippen LogP contribution is -2.47. The SMILES string of the molecule is CN(CC(=O)O)CC1CN(Cc2ccc(-c3ccccc3F)s2)CCO1. The van der Waals surface area contributed by atoms with Crippen LogP contribution in [0.15, 0.2) is 36.4 Å². The third-order valence-electron chi connectivity index (χ3n) is 4.32. The first-order valence-corrected chi connectivity index (χ1v) is 9.41. The van der Waals surface area contributed by atoms with Gasteiger partial charge < -0.3 is 9.84 Å². The monoisotopic (exact) mass is 378 g/mol. The summed E-state index contributed by atoms with van der Waals surface area (Å²) in [4.78, 5) is 17.0. The lowest BCUT2D eigenvalue weighted by molar-refractivity contribution is -0.138. The molecule has 3 rings (SSSR count). The van der Waals surface area contributed by atoms with Crippen LogP contribution >= 0.6 is 11.3 Å². The van der Waals surface area contributed by atoms with Crippen molar-refractivity contribution >= 4 is 17.3 Å². The number of rotatable bonds is 7. The van der Waals surface area contributed by atoms with Crippen LogP contribution in [0.2, 0.25) is 0 Å². The number of carbonyl (C=O) groups is 1. The van der Waals surface area contributed by atoms with Crippen molar-refractivity contribution in [1.82, 2.24) is 9.80 Å². The normalized spacial score (nSPS) is 18.3. The number of carboxylic acids is 1. The van der Waals surface area contributed by atoms with Crippen LogP contribution in [-0.2, 0) is 16.1 Å². The zero-order valence-electron chi connectivity index (χ0n) is 14.7. The second-order valence-electron chi connectivity index (χ2n) is 6.56. The predicted octanol–water partition coefficient (Wildman–Crippen LogP) is 2.77. The molecule has 5 nitrogen and oxygen atoms in total. The molecule has 7 heteroatoms. The van der Waals surface area contributed by atoms with Gasteiger partial charge in [0, 0.05) is 41.5 Å². The van der Waals surface area contributed by atoms with Gasteiger partial charge in [0.1, 0.15) is 5.82 Å². The number of ether oxygens (including phenoxy) is 1. The largest absolute Gasteiger partial charge is 0.480 e. The third-order valence-corrected chi connectivity index (χ3v) is 5.43.